The molecule has 3 nitrogen and oxygen atoms in total. The van der Waals surface area contributed by atoms with E-state index in [0.717, 1.165) is 19.6 Å². The molecule has 1 aromatic carbocycles. The summed E-state index contributed by atoms with van der Waals surface area (Å²) < 4.78 is 0. The first kappa shape index (κ1) is 14.3. The molecule has 1 aliphatic rings. The van der Waals surface area contributed by atoms with Gasteiger partial charge in [0.1, 0.15) is 0 Å². The summed E-state index contributed by atoms with van der Waals surface area (Å²) in [4.78, 5) is 6.77. The molecule has 1 saturated heterocycles. The largest absolute Gasteiger partial charge is 0.371 e. The molecule has 1 fully saturated rings. The van der Waals surface area contributed by atoms with Gasteiger partial charge in [-0.1, -0.05) is 26.0 Å². The van der Waals surface area contributed by atoms with Gasteiger partial charge in [0, 0.05) is 48.0 Å². The minimum absolute atomic E-state index is 0.665. The maximum Gasteiger partial charge on any atom is 0.0447 e. The summed E-state index contributed by atoms with van der Waals surface area (Å²) in [6.07, 6.45) is 6.29. The molecule has 3 rings (SSSR count). The molecule has 1 aliphatic heterocycles. The first-order valence-electron chi connectivity index (χ1n) is 8.10. The second kappa shape index (κ2) is 6.44. The molecule has 112 valence electrons. The summed E-state index contributed by atoms with van der Waals surface area (Å²) in [5.41, 5.74) is 1.36. The summed E-state index contributed by atoms with van der Waals surface area (Å²) in [7, 11) is 0. The Kier molecular flexibility index (Phi) is 4.39. The fourth-order valence-corrected chi connectivity index (χ4v) is 3.38. The van der Waals surface area contributed by atoms with E-state index in [1.165, 1.54) is 29.3 Å². The molecule has 3 heteroatoms. The molecular weight excluding hydrogens is 258 g/mol. The van der Waals surface area contributed by atoms with Crippen molar-refractivity contribution in [2.24, 2.45) is 5.92 Å². The molecule has 1 aromatic heterocycles. The van der Waals surface area contributed by atoms with Crippen LogP contribution in [0.1, 0.15) is 26.7 Å². The Balaban J connectivity index is 1.79. The van der Waals surface area contributed by atoms with Crippen molar-refractivity contribution < 1.29 is 0 Å². The zero-order chi connectivity index (χ0) is 14.7. The van der Waals surface area contributed by atoms with E-state index in [9.17, 15) is 0 Å². The summed E-state index contributed by atoms with van der Waals surface area (Å²) in [5, 5.41) is 6.24. The van der Waals surface area contributed by atoms with Crippen LogP contribution < -0.4 is 10.2 Å². The maximum atomic E-state index is 4.23. The smallest absolute Gasteiger partial charge is 0.0447 e. The zero-order valence-electron chi connectivity index (χ0n) is 13.0. The van der Waals surface area contributed by atoms with Gasteiger partial charge in [0.2, 0.25) is 0 Å². The Morgan fingerprint density at radius 1 is 1.33 bits per heavy atom. The number of hydrogen-bond donors (Lipinski definition) is 1. The monoisotopic (exact) mass is 283 g/mol. The van der Waals surface area contributed by atoms with E-state index in [-0.39, 0.29) is 0 Å². The van der Waals surface area contributed by atoms with Crippen LogP contribution in [0, 0.1) is 5.92 Å². The number of nitrogens with zero attached hydrogens (tertiary/aromatic N) is 2. The molecule has 2 atom stereocenters. The minimum Gasteiger partial charge on any atom is -0.371 e. The molecule has 0 radical (unpaired) electrons. The Morgan fingerprint density at radius 3 is 3.05 bits per heavy atom. The Labute approximate surface area is 127 Å². The quantitative estimate of drug-likeness (QED) is 0.931. The highest BCUT2D eigenvalue weighted by atomic mass is 15.2. The lowest BCUT2D eigenvalue weighted by molar-refractivity contribution is 0.322. The molecule has 0 saturated carbocycles. The lowest BCUT2D eigenvalue weighted by Crippen LogP contribution is -2.48. The highest BCUT2D eigenvalue weighted by Gasteiger charge is 2.26. The third-order valence-corrected chi connectivity index (χ3v) is 4.56. The number of rotatable bonds is 4. The van der Waals surface area contributed by atoms with Crippen LogP contribution in [0.25, 0.3) is 10.8 Å². The minimum atomic E-state index is 0.665. The molecular formula is C18H25N3. The van der Waals surface area contributed by atoms with Gasteiger partial charge in [0.25, 0.3) is 0 Å². The number of piperidine rings is 1. The average molecular weight is 283 g/mol. The van der Waals surface area contributed by atoms with Crippen molar-refractivity contribution in [3.63, 3.8) is 0 Å². The van der Waals surface area contributed by atoms with Crippen LogP contribution in [-0.2, 0) is 0 Å². The zero-order valence-corrected chi connectivity index (χ0v) is 13.0. The van der Waals surface area contributed by atoms with Crippen molar-refractivity contribution in [3.05, 3.63) is 36.7 Å². The number of anilines is 1. The first-order valence-corrected chi connectivity index (χ1v) is 8.10. The fourth-order valence-electron chi connectivity index (χ4n) is 3.38. The second-order valence-electron chi connectivity index (χ2n) is 6.15. The molecule has 2 unspecified atom stereocenters. The molecule has 2 heterocycles. The van der Waals surface area contributed by atoms with Crippen molar-refractivity contribution >= 4 is 16.5 Å². The van der Waals surface area contributed by atoms with E-state index in [0.29, 0.717) is 12.0 Å². The number of aromatic nitrogens is 1. The molecule has 1 N–H and O–H groups in total. The van der Waals surface area contributed by atoms with E-state index < -0.39 is 0 Å². The molecule has 21 heavy (non-hydrogen) atoms. The highest BCUT2D eigenvalue weighted by Crippen LogP contribution is 2.29. The van der Waals surface area contributed by atoms with E-state index in [4.69, 9.17) is 0 Å². The number of nitrogens with one attached hydrogen (secondary N) is 1. The van der Waals surface area contributed by atoms with Crippen LogP contribution in [-0.4, -0.2) is 30.7 Å². The number of pyridine rings is 1. The summed E-state index contributed by atoms with van der Waals surface area (Å²) in [6.45, 7) is 7.99. The standard InChI is InChI=1S/C18H25N3/c1-3-9-20-17-8-11-21(13-14(17)2)18-6-4-5-15-12-19-10-7-16(15)18/h4-7,10,12,14,17,20H,3,8-9,11,13H2,1-2H3. The molecule has 2 aromatic rings. The lowest BCUT2D eigenvalue weighted by atomic mass is 9.93. The number of fused-ring (bicyclic) bond motifs is 1. The summed E-state index contributed by atoms with van der Waals surface area (Å²) in [6, 6.07) is 9.33. The maximum absolute atomic E-state index is 4.23. The van der Waals surface area contributed by atoms with Gasteiger partial charge in [-0.25, -0.2) is 0 Å². The number of hydrogen-bond acceptors (Lipinski definition) is 3. The molecule has 0 aliphatic carbocycles. The van der Waals surface area contributed by atoms with Gasteiger partial charge in [-0.2, -0.15) is 0 Å². The van der Waals surface area contributed by atoms with Gasteiger partial charge in [0.15, 0.2) is 0 Å². The van der Waals surface area contributed by atoms with Crippen molar-refractivity contribution in [2.75, 3.05) is 24.5 Å². The van der Waals surface area contributed by atoms with Crippen LogP contribution in [0.15, 0.2) is 36.7 Å². The van der Waals surface area contributed by atoms with Crippen LogP contribution in [0.3, 0.4) is 0 Å². The Morgan fingerprint density at radius 2 is 2.24 bits per heavy atom. The molecule has 0 spiro atoms. The van der Waals surface area contributed by atoms with Crippen molar-refractivity contribution in [3.8, 4) is 0 Å². The Hall–Kier alpha value is -1.61. The van der Waals surface area contributed by atoms with Gasteiger partial charge < -0.3 is 10.2 Å². The van der Waals surface area contributed by atoms with Gasteiger partial charge in [-0.05, 0) is 37.4 Å². The average Bonchev–Trinajstić information content (AvgIpc) is 2.53. The Bertz CT molecular complexity index is 591. The van der Waals surface area contributed by atoms with Crippen LogP contribution in [0.5, 0.6) is 0 Å². The van der Waals surface area contributed by atoms with Gasteiger partial charge >= 0.3 is 0 Å². The summed E-state index contributed by atoms with van der Waals surface area (Å²) >= 11 is 0. The number of benzene rings is 1. The summed E-state index contributed by atoms with van der Waals surface area (Å²) in [5.74, 6) is 0.683. The van der Waals surface area contributed by atoms with Crippen molar-refractivity contribution in [1.29, 1.82) is 0 Å². The van der Waals surface area contributed by atoms with Crippen LogP contribution in [0.4, 0.5) is 5.69 Å². The predicted octanol–water partition coefficient (Wildman–Crippen LogP) is 3.45. The van der Waals surface area contributed by atoms with E-state index in [2.05, 4.69) is 53.3 Å². The van der Waals surface area contributed by atoms with Crippen molar-refractivity contribution in [1.82, 2.24) is 10.3 Å². The lowest BCUT2D eigenvalue weighted by Gasteiger charge is -2.39. The third-order valence-electron chi connectivity index (χ3n) is 4.56. The first-order chi connectivity index (χ1) is 10.3. The molecule has 0 amide bonds. The highest BCUT2D eigenvalue weighted by molar-refractivity contribution is 5.93. The van der Waals surface area contributed by atoms with Gasteiger partial charge in [-0.3, -0.25) is 4.98 Å². The van der Waals surface area contributed by atoms with E-state index in [1.54, 1.807) is 0 Å². The van der Waals surface area contributed by atoms with E-state index in [1.807, 2.05) is 12.4 Å². The van der Waals surface area contributed by atoms with Crippen molar-refractivity contribution in [2.45, 2.75) is 32.7 Å². The van der Waals surface area contributed by atoms with Gasteiger partial charge in [0.05, 0.1) is 0 Å². The predicted molar refractivity (Wildman–Crippen MR) is 89.8 cm³/mol. The third kappa shape index (κ3) is 3.03. The van der Waals surface area contributed by atoms with Crippen LogP contribution >= 0.6 is 0 Å². The second-order valence-corrected chi connectivity index (χ2v) is 6.15. The van der Waals surface area contributed by atoms with E-state index >= 15 is 0 Å². The molecule has 0 bridgehead atoms. The fraction of sp³-hybridized carbons (Fsp3) is 0.500. The van der Waals surface area contributed by atoms with Crippen LogP contribution in [0.2, 0.25) is 0 Å². The SMILES string of the molecule is CCCNC1CCN(c2cccc3cnccc23)CC1C. The van der Waals surface area contributed by atoms with Gasteiger partial charge in [-0.15, -0.1) is 0 Å². The topological polar surface area (TPSA) is 28.2 Å². The normalized spacial score (nSPS) is 22.7.